The second-order valence-corrected chi connectivity index (χ2v) is 5.10. The summed E-state index contributed by atoms with van der Waals surface area (Å²) < 4.78 is 0. The van der Waals surface area contributed by atoms with Crippen molar-refractivity contribution in [1.82, 2.24) is 4.90 Å². The molecule has 1 amide bonds. The van der Waals surface area contributed by atoms with E-state index >= 15 is 0 Å². The van der Waals surface area contributed by atoms with E-state index in [2.05, 4.69) is 0 Å². The fraction of sp³-hybridized carbons (Fsp3) is 0.500. The Morgan fingerprint density at radius 3 is 2.47 bits per heavy atom. The second-order valence-electron chi connectivity index (χ2n) is 4.66. The smallest absolute Gasteiger partial charge is 0.245 e. The molecule has 0 saturated heterocycles. The monoisotopic (exact) mass is 251 g/mol. The Morgan fingerprint density at radius 2 is 1.88 bits per heavy atom. The largest absolute Gasteiger partial charge is 0.341 e. The molecule has 0 radical (unpaired) electrons. The van der Waals surface area contributed by atoms with Crippen LogP contribution >= 0.6 is 11.6 Å². The predicted molar refractivity (Wildman–Crippen MR) is 70.1 cm³/mol. The highest BCUT2D eigenvalue weighted by atomic mass is 35.5. The van der Waals surface area contributed by atoms with Gasteiger partial charge in [0, 0.05) is 13.1 Å². The summed E-state index contributed by atoms with van der Waals surface area (Å²) in [7, 11) is 1.87. The van der Waals surface area contributed by atoms with Crippen molar-refractivity contribution in [3.05, 3.63) is 35.9 Å². The minimum absolute atomic E-state index is 0.0183. The Kier molecular flexibility index (Phi) is 4.06. The van der Waals surface area contributed by atoms with Gasteiger partial charge in [-0.05, 0) is 18.4 Å². The molecule has 1 saturated carbocycles. The first-order chi connectivity index (χ1) is 8.20. The van der Waals surface area contributed by atoms with Crippen LogP contribution in [0, 0.1) is 0 Å². The number of hydrogen-bond donors (Lipinski definition) is 0. The predicted octanol–water partition coefficient (Wildman–Crippen LogP) is 3.37. The van der Waals surface area contributed by atoms with Gasteiger partial charge < -0.3 is 4.90 Å². The van der Waals surface area contributed by atoms with Crippen LogP contribution in [0.2, 0.25) is 0 Å². The third-order valence-electron chi connectivity index (χ3n) is 3.53. The lowest BCUT2D eigenvalue weighted by molar-refractivity contribution is -0.131. The highest BCUT2D eigenvalue weighted by Gasteiger charge is 2.28. The fourth-order valence-electron chi connectivity index (χ4n) is 2.41. The van der Waals surface area contributed by atoms with Crippen molar-refractivity contribution in [2.24, 2.45) is 0 Å². The first-order valence-electron chi connectivity index (χ1n) is 6.16. The Bertz CT molecular complexity index is 373. The molecule has 0 N–H and O–H groups in total. The molecule has 1 aromatic rings. The number of benzene rings is 1. The zero-order valence-corrected chi connectivity index (χ0v) is 10.9. The van der Waals surface area contributed by atoms with Crippen LogP contribution in [0.3, 0.4) is 0 Å². The highest BCUT2D eigenvalue weighted by molar-refractivity contribution is 6.30. The van der Waals surface area contributed by atoms with Crippen LogP contribution in [-0.4, -0.2) is 23.9 Å². The van der Waals surface area contributed by atoms with Gasteiger partial charge in [0.05, 0.1) is 0 Å². The standard InChI is InChI=1S/C14H18ClNO/c1-16(12-9-5-6-10-12)14(17)13(15)11-7-3-2-4-8-11/h2-4,7-8,12-13H,5-6,9-10H2,1H3. The van der Waals surface area contributed by atoms with Crippen molar-refractivity contribution in [3.8, 4) is 0 Å². The van der Waals surface area contributed by atoms with Gasteiger partial charge in [-0.15, -0.1) is 11.6 Å². The zero-order valence-electron chi connectivity index (χ0n) is 10.1. The quantitative estimate of drug-likeness (QED) is 0.755. The van der Waals surface area contributed by atoms with Crippen LogP contribution < -0.4 is 0 Å². The number of hydrogen-bond acceptors (Lipinski definition) is 1. The zero-order chi connectivity index (χ0) is 12.3. The summed E-state index contributed by atoms with van der Waals surface area (Å²) in [4.78, 5) is 14.1. The maximum atomic E-state index is 12.2. The molecule has 92 valence electrons. The average molecular weight is 252 g/mol. The molecule has 0 bridgehead atoms. The third kappa shape index (κ3) is 2.81. The van der Waals surface area contributed by atoms with E-state index in [-0.39, 0.29) is 5.91 Å². The normalized spacial score (nSPS) is 18.0. The van der Waals surface area contributed by atoms with Crippen LogP contribution in [0.4, 0.5) is 0 Å². The molecule has 0 aliphatic heterocycles. The first kappa shape index (κ1) is 12.4. The van der Waals surface area contributed by atoms with Crippen LogP contribution in [0.15, 0.2) is 30.3 Å². The van der Waals surface area contributed by atoms with Gasteiger partial charge in [0.25, 0.3) is 0 Å². The molecule has 17 heavy (non-hydrogen) atoms. The number of alkyl halides is 1. The van der Waals surface area contributed by atoms with Gasteiger partial charge in [-0.3, -0.25) is 4.79 Å². The van der Waals surface area contributed by atoms with Gasteiger partial charge in [0.2, 0.25) is 5.91 Å². The van der Waals surface area contributed by atoms with Crippen molar-refractivity contribution in [2.75, 3.05) is 7.05 Å². The van der Waals surface area contributed by atoms with E-state index in [1.165, 1.54) is 12.8 Å². The number of halogens is 1. The molecule has 1 fully saturated rings. The molecule has 0 spiro atoms. The van der Waals surface area contributed by atoms with E-state index < -0.39 is 5.38 Å². The molecular formula is C14H18ClNO. The summed E-state index contributed by atoms with van der Waals surface area (Å²) >= 11 is 6.24. The first-order valence-corrected chi connectivity index (χ1v) is 6.59. The van der Waals surface area contributed by atoms with Crippen molar-refractivity contribution in [3.63, 3.8) is 0 Å². The van der Waals surface area contributed by atoms with Crippen molar-refractivity contribution in [1.29, 1.82) is 0 Å². The van der Waals surface area contributed by atoms with E-state index in [9.17, 15) is 4.79 Å². The van der Waals surface area contributed by atoms with Gasteiger partial charge in [-0.1, -0.05) is 43.2 Å². The number of carbonyl (C=O) groups is 1. The maximum absolute atomic E-state index is 12.2. The Hall–Kier alpha value is -1.02. The summed E-state index contributed by atoms with van der Waals surface area (Å²) in [6.07, 6.45) is 4.67. The average Bonchev–Trinajstić information content (AvgIpc) is 2.91. The molecule has 1 aliphatic rings. The topological polar surface area (TPSA) is 20.3 Å². The second kappa shape index (κ2) is 5.54. The number of carbonyl (C=O) groups excluding carboxylic acids is 1. The van der Waals surface area contributed by atoms with E-state index in [0.717, 1.165) is 18.4 Å². The highest BCUT2D eigenvalue weighted by Crippen LogP contribution is 2.28. The van der Waals surface area contributed by atoms with Crippen molar-refractivity contribution >= 4 is 17.5 Å². The van der Waals surface area contributed by atoms with Gasteiger partial charge in [0.1, 0.15) is 5.38 Å². The minimum Gasteiger partial charge on any atom is -0.341 e. The number of likely N-dealkylation sites (N-methyl/N-ethyl adjacent to an activating group) is 1. The number of nitrogens with zero attached hydrogens (tertiary/aromatic N) is 1. The van der Waals surface area contributed by atoms with E-state index in [1.54, 1.807) is 0 Å². The van der Waals surface area contributed by atoms with Gasteiger partial charge in [-0.25, -0.2) is 0 Å². The SMILES string of the molecule is CN(C(=O)C(Cl)c1ccccc1)C1CCCC1. The lowest BCUT2D eigenvalue weighted by atomic mass is 10.1. The summed E-state index contributed by atoms with van der Waals surface area (Å²) in [5.41, 5.74) is 0.879. The van der Waals surface area contributed by atoms with Crippen molar-refractivity contribution < 1.29 is 4.79 Å². The van der Waals surface area contributed by atoms with Crippen LogP contribution in [0.25, 0.3) is 0 Å². The Morgan fingerprint density at radius 1 is 1.29 bits per heavy atom. The summed E-state index contributed by atoms with van der Waals surface area (Å²) in [6, 6.07) is 9.93. The lowest BCUT2D eigenvalue weighted by Crippen LogP contribution is -2.37. The Balaban J connectivity index is 2.04. The molecule has 1 aromatic carbocycles. The molecule has 1 unspecified atom stereocenters. The number of amides is 1. The summed E-state index contributed by atoms with van der Waals surface area (Å²) in [6.45, 7) is 0. The van der Waals surface area contributed by atoms with Crippen LogP contribution in [0.1, 0.15) is 36.6 Å². The van der Waals surface area contributed by atoms with Gasteiger partial charge in [-0.2, -0.15) is 0 Å². The summed E-state index contributed by atoms with van der Waals surface area (Å²) in [5.74, 6) is 0.0183. The molecule has 2 nitrogen and oxygen atoms in total. The Labute approximate surface area is 108 Å². The molecule has 0 heterocycles. The molecule has 3 heteroatoms. The fourth-order valence-corrected chi connectivity index (χ4v) is 2.71. The van der Waals surface area contributed by atoms with Crippen LogP contribution in [0.5, 0.6) is 0 Å². The van der Waals surface area contributed by atoms with Crippen LogP contribution in [-0.2, 0) is 4.79 Å². The third-order valence-corrected chi connectivity index (χ3v) is 3.97. The summed E-state index contributed by atoms with van der Waals surface area (Å²) in [5, 5.41) is -0.554. The van der Waals surface area contributed by atoms with E-state index in [1.807, 2.05) is 42.3 Å². The van der Waals surface area contributed by atoms with Gasteiger partial charge in [0.15, 0.2) is 0 Å². The molecular weight excluding hydrogens is 234 g/mol. The van der Waals surface area contributed by atoms with E-state index in [4.69, 9.17) is 11.6 Å². The molecule has 1 atom stereocenters. The molecule has 2 rings (SSSR count). The maximum Gasteiger partial charge on any atom is 0.245 e. The molecule has 1 aliphatic carbocycles. The molecule has 0 aromatic heterocycles. The van der Waals surface area contributed by atoms with E-state index in [0.29, 0.717) is 6.04 Å². The number of rotatable bonds is 3. The van der Waals surface area contributed by atoms with Crippen molar-refractivity contribution in [2.45, 2.75) is 37.1 Å². The van der Waals surface area contributed by atoms with Gasteiger partial charge >= 0.3 is 0 Å². The lowest BCUT2D eigenvalue weighted by Gasteiger charge is -2.26. The minimum atomic E-state index is -0.554.